The first kappa shape index (κ1) is 14.0. The van der Waals surface area contributed by atoms with E-state index in [9.17, 15) is 9.59 Å². The molecular weight excluding hydrogens is 244 g/mol. The van der Waals surface area contributed by atoms with Crippen LogP contribution in [0.1, 0.15) is 18.5 Å². The molecule has 6 heteroatoms. The maximum atomic E-state index is 11.8. The molecule has 106 valence electrons. The van der Waals surface area contributed by atoms with E-state index in [0.717, 1.165) is 36.2 Å². The largest absolute Gasteiger partial charge is 0.330 e. The van der Waals surface area contributed by atoms with Gasteiger partial charge in [0.15, 0.2) is 0 Å². The minimum absolute atomic E-state index is 0.247. The standard InChI is InChI=1S/C13H22N4O2/c1-15-6-4-10(5-7-15)14-9-11-8-12(18)17(3)13(19)16(11)2/h8,10,14H,4-7,9H2,1-3H3. The van der Waals surface area contributed by atoms with E-state index in [0.29, 0.717) is 12.6 Å². The number of piperidine rings is 1. The van der Waals surface area contributed by atoms with Crippen molar-refractivity contribution in [2.24, 2.45) is 14.1 Å². The summed E-state index contributed by atoms with van der Waals surface area (Å²) in [6.45, 7) is 2.75. The Morgan fingerprint density at radius 3 is 2.42 bits per heavy atom. The molecule has 1 saturated heterocycles. The summed E-state index contributed by atoms with van der Waals surface area (Å²) in [6, 6.07) is 2.00. The maximum Gasteiger partial charge on any atom is 0.330 e. The predicted molar refractivity (Wildman–Crippen MR) is 74.3 cm³/mol. The highest BCUT2D eigenvalue weighted by atomic mass is 16.2. The van der Waals surface area contributed by atoms with E-state index in [1.165, 1.54) is 17.7 Å². The first-order valence-corrected chi connectivity index (χ1v) is 6.67. The number of nitrogens with zero attached hydrogens (tertiary/aromatic N) is 3. The number of hydrogen-bond donors (Lipinski definition) is 1. The van der Waals surface area contributed by atoms with E-state index < -0.39 is 0 Å². The minimum atomic E-state index is -0.271. The molecule has 0 aliphatic carbocycles. The van der Waals surface area contributed by atoms with Crippen LogP contribution in [0.15, 0.2) is 15.7 Å². The Labute approximate surface area is 112 Å². The SMILES string of the molecule is CN1CCC(NCc2cc(=O)n(C)c(=O)n2C)CC1. The second-order valence-corrected chi connectivity index (χ2v) is 5.33. The van der Waals surface area contributed by atoms with Gasteiger partial charge < -0.3 is 10.2 Å². The van der Waals surface area contributed by atoms with Gasteiger partial charge in [0, 0.05) is 38.4 Å². The predicted octanol–water partition coefficient (Wildman–Crippen LogP) is -0.732. The third-order valence-corrected chi connectivity index (χ3v) is 3.92. The third kappa shape index (κ3) is 3.13. The molecule has 2 heterocycles. The summed E-state index contributed by atoms with van der Waals surface area (Å²) in [4.78, 5) is 25.7. The normalized spacial score (nSPS) is 17.8. The van der Waals surface area contributed by atoms with E-state index in [4.69, 9.17) is 0 Å². The lowest BCUT2D eigenvalue weighted by molar-refractivity contribution is 0.233. The lowest BCUT2D eigenvalue weighted by Crippen LogP contribution is -2.43. The monoisotopic (exact) mass is 266 g/mol. The van der Waals surface area contributed by atoms with E-state index in [2.05, 4.69) is 17.3 Å². The van der Waals surface area contributed by atoms with Gasteiger partial charge in [0.05, 0.1) is 0 Å². The molecule has 19 heavy (non-hydrogen) atoms. The second kappa shape index (κ2) is 5.71. The molecule has 1 aromatic heterocycles. The van der Waals surface area contributed by atoms with Crippen LogP contribution in [0.5, 0.6) is 0 Å². The van der Waals surface area contributed by atoms with Crippen LogP contribution >= 0.6 is 0 Å². The van der Waals surface area contributed by atoms with Gasteiger partial charge in [-0.2, -0.15) is 0 Å². The maximum absolute atomic E-state index is 11.8. The molecule has 1 fully saturated rings. The second-order valence-electron chi connectivity index (χ2n) is 5.33. The van der Waals surface area contributed by atoms with Gasteiger partial charge >= 0.3 is 5.69 Å². The first-order valence-electron chi connectivity index (χ1n) is 6.67. The van der Waals surface area contributed by atoms with Crippen molar-refractivity contribution in [3.05, 3.63) is 32.6 Å². The molecule has 0 unspecified atom stereocenters. The lowest BCUT2D eigenvalue weighted by atomic mass is 10.1. The van der Waals surface area contributed by atoms with Crippen LogP contribution in [0.4, 0.5) is 0 Å². The molecule has 0 bridgehead atoms. The van der Waals surface area contributed by atoms with Gasteiger partial charge in [0.1, 0.15) is 0 Å². The third-order valence-electron chi connectivity index (χ3n) is 3.92. The summed E-state index contributed by atoms with van der Waals surface area (Å²) in [5, 5.41) is 3.44. The quantitative estimate of drug-likeness (QED) is 0.783. The molecule has 2 rings (SSSR count). The molecule has 0 radical (unpaired) electrons. The van der Waals surface area contributed by atoms with Gasteiger partial charge in [-0.05, 0) is 33.0 Å². The van der Waals surface area contributed by atoms with Crippen molar-refractivity contribution in [2.75, 3.05) is 20.1 Å². The Morgan fingerprint density at radius 2 is 1.79 bits per heavy atom. The number of nitrogens with one attached hydrogen (secondary N) is 1. The molecule has 0 atom stereocenters. The fourth-order valence-corrected chi connectivity index (χ4v) is 2.41. The molecule has 0 saturated carbocycles. The highest BCUT2D eigenvalue weighted by molar-refractivity contribution is 5.02. The molecular formula is C13H22N4O2. The van der Waals surface area contributed by atoms with Crippen molar-refractivity contribution in [3.63, 3.8) is 0 Å². The number of likely N-dealkylation sites (tertiary alicyclic amines) is 1. The Bertz CT molecular complexity index is 553. The fourth-order valence-electron chi connectivity index (χ4n) is 2.41. The van der Waals surface area contributed by atoms with Crippen molar-refractivity contribution in [1.29, 1.82) is 0 Å². The van der Waals surface area contributed by atoms with Crippen LogP contribution in [0.3, 0.4) is 0 Å². The van der Waals surface area contributed by atoms with Gasteiger partial charge in [-0.15, -0.1) is 0 Å². The highest BCUT2D eigenvalue weighted by Gasteiger charge is 2.16. The van der Waals surface area contributed by atoms with Gasteiger partial charge in [-0.3, -0.25) is 13.9 Å². The molecule has 0 spiro atoms. The van der Waals surface area contributed by atoms with Gasteiger partial charge in [-0.25, -0.2) is 4.79 Å². The molecule has 6 nitrogen and oxygen atoms in total. The van der Waals surface area contributed by atoms with Gasteiger partial charge in [0.2, 0.25) is 0 Å². The van der Waals surface area contributed by atoms with Gasteiger partial charge in [-0.1, -0.05) is 0 Å². The molecule has 1 aromatic rings. The fraction of sp³-hybridized carbons (Fsp3) is 0.692. The molecule has 1 aliphatic heterocycles. The van der Waals surface area contributed by atoms with E-state index in [1.54, 1.807) is 7.05 Å². The topological polar surface area (TPSA) is 59.3 Å². The zero-order valence-electron chi connectivity index (χ0n) is 11.8. The Kier molecular flexibility index (Phi) is 4.21. The van der Waals surface area contributed by atoms with Crippen LogP contribution in [0.2, 0.25) is 0 Å². The van der Waals surface area contributed by atoms with Crippen molar-refractivity contribution in [1.82, 2.24) is 19.4 Å². The average molecular weight is 266 g/mol. The summed E-state index contributed by atoms with van der Waals surface area (Å²) in [5.41, 5.74) is 0.225. The van der Waals surface area contributed by atoms with Crippen LogP contribution in [0.25, 0.3) is 0 Å². The van der Waals surface area contributed by atoms with Crippen molar-refractivity contribution >= 4 is 0 Å². The van der Waals surface area contributed by atoms with Crippen LogP contribution in [-0.2, 0) is 20.6 Å². The van der Waals surface area contributed by atoms with Crippen molar-refractivity contribution < 1.29 is 0 Å². The molecule has 0 aromatic carbocycles. The van der Waals surface area contributed by atoms with E-state index in [1.807, 2.05) is 0 Å². The Morgan fingerprint density at radius 1 is 1.16 bits per heavy atom. The summed E-state index contributed by atoms with van der Waals surface area (Å²) >= 11 is 0. The smallest absolute Gasteiger partial charge is 0.308 e. The number of rotatable bonds is 3. The summed E-state index contributed by atoms with van der Waals surface area (Å²) in [6.07, 6.45) is 2.21. The molecule has 1 aliphatic rings. The van der Waals surface area contributed by atoms with Crippen LogP contribution in [0, 0.1) is 0 Å². The van der Waals surface area contributed by atoms with Crippen LogP contribution in [-0.4, -0.2) is 40.2 Å². The summed E-state index contributed by atoms with van der Waals surface area (Å²) in [7, 11) is 5.33. The zero-order chi connectivity index (χ0) is 14.0. The zero-order valence-corrected chi connectivity index (χ0v) is 11.8. The number of aromatic nitrogens is 2. The minimum Gasteiger partial charge on any atom is -0.308 e. The van der Waals surface area contributed by atoms with Gasteiger partial charge in [0.25, 0.3) is 5.56 Å². The Hall–Kier alpha value is -1.40. The first-order chi connectivity index (χ1) is 8.99. The van der Waals surface area contributed by atoms with Crippen LogP contribution < -0.4 is 16.6 Å². The highest BCUT2D eigenvalue weighted by Crippen LogP contribution is 2.08. The molecule has 1 N–H and O–H groups in total. The average Bonchev–Trinajstić information content (AvgIpc) is 2.41. The number of hydrogen-bond acceptors (Lipinski definition) is 4. The van der Waals surface area contributed by atoms with Crippen molar-refractivity contribution in [2.45, 2.75) is 25.4 Å². The van der Waals surface area contributed by atoms with E-state index >= 15 is 0 Å². The van der Waals surface area contributed by atoms with Crippen molar-refractivity contribution in [3.8, 4) is 0 Å². The van der Waals surface area contributed by atoms with E-state index in [-0.39, 0.29) is 11.2 Å². The summed E-state index contributed by atoms with van der Waals surface area (Å²) in [5.74, 6) is 0. The molecule has 0 amide bonds. The summed E-state index contributed by atoms with van der Waals surface area (Å²) < 4.78 is 2.66. The Balaban J connectivity index is 2.04. The lowest BCUT2D eigenvalue weighted by Gasteiger charge is -2.29.